The highest BCUT2D eigenvalue weighted by molar-refractivity contribution is 6.42. The molecule has 0 aliphatic carbocycles. The zero-order valence-electron chi connectivity index (χ0n) is 15.9. The second-order valence-electron chi connectivity index (χ2n) is 7.87. The van der Waals surface area contributed by atoms with E-state index in [2.05, 4.69) is 38.0 Å². The van der Waals surface area contributed by atoms with Crippen LogP contribution in [0.2, 0.25) is 10.0 Å². The molecule has 0 spiro atoms. The topological polar surface area (TPSA) is 35.6 Å². The molecule has 4 nitrogen and oxygen atoms in total. The van der Waals surface area contributed by atoms with Gasteiger partial charge in [0.15, 0.2) is 0 Å². The molecular weight excluding hydrogens is 357 g/mol. The maximum atomic E-state index is 12.8. The summed E-state index contributed by atoms with van der Waals surface area (Å²) < 4.78 is 0. The fourth-order valence-corrected chi connectivity index (χ4v) is 4.03. The molecule has 1 aliphatic rings. The lowest BCUT2D eigenvalue weighted by atomic mass is 9.81. The van der Waals surface area contributed by atoms with Gasteiger partial charge in [0.25, 0.3) is 0 Å². The van der Waals surface area contributed by atoms with Crippen LogP contribution in [-0.4, -0.2) is 48.1 Å². The van der Waals surface area contributed by atoms with Gasteiger partial charge >= 0.3 is 6.03 Å². The first-order valence-electron chi connectivity index (χ1n) is 8.73. The van der Waals surface area contributed by atoms with E-state index in [9.17, 15) is 4.79 Å². The van der Waals surface area contributed by atoms with Crippen molar-refractivity contribution in [3.05, 3.63) is 33.8 Å². The first-order valence-corrected chi connectivity index (χ1v) is 9.48. The standard InChI is InChI=1S/C19H29Cl2N3O/c1-12-11-23(5)19(3,4)10-16(12)24(6)18(25)22-13(2)14-8-7-9-15(20)17(14)21/h7-9,12-13,16H,10-11H2,1-6H3,(H,22,25). The average Bonchev–Trinajstić information content (AvgIpc) is 2.53. The number of likely N-dealkylation sites (tertiary alicyclic amines) is 1. The fraction of sp³-hybridized carbons (Fsp3) is 0.632. The summed E-state index contributed by atoms with van der Waals surface area (Å²) in [7, 11) is 4.03. The number of piperidine rings is 1. The van der Waals surface area contributed by atoms with Gasteiger partial charge in [-0.2, -0.15) is 0 Å². The summed E-state index contributed by atoms with van der Waals surface area (Å²) in [4.78, 5) is 17.0. The van der Waals surface area contributed by atoms with Gasteiger partial charge in [-0.3, -0.25) is 0 Å². The number of halogens is 2. The maximum Gasteiger partial charge on any atom is 0.317 e. The molecule has 3 atom stereocenters. The Balaban J connectivity index is 2.08. The number of carbonyl (C=O) groups excluding carboxylic acids is 1. The highest BCUT2D eigenvalue weighted by Crippen LogP contribution is 2.33. The maximum absolute atomic E-state index is 12.8. The second kappa shape index (κ2) is 7.73. The minimum atomic E-state index is -0.212. The average molecular weight is 386 g/mol. The summed E-state index contributed by atoms with van der Waals surface area (Å²) in [5.41, 5.74) is 0.904. The van der Waals surface area contributed by atoms with E-state index in [4.69, 9.17) is 23.2 Å². The SMILES string of the molecule is CC(NC(=O)N(C)C1CC(C)(C)N(C)CC1C)c1cccc(Cl)c1Cl. The third-order valence-electron chi connectivity index (χ3n) is 5.57. The molecule has 25 heavy (non-hydrogen) atoms. The van der Waals surface area contributed by atoms with Gasteiger partial charge in [0.2, 0.25) is 0 Å². The molecule has 1 saturated heterocycles. The van der Waals surface area contributed by atoms with E-state index in [1.807, 2.05) is 31.0 Å². The van der Waals surface area contributed by atoms with Crippen molar-refractivity contribution in [2.45, 2.75) is 51.7 Å². The van der Waals surface area contributed by atoms with E-state index in [0.717, 1.165) is 18.5 Å². The van der Waals surface area contributed by atoms with Gasteiger partial charge in [0, 0.05) is 25.2 Å². The van der Waals surface area contributed by atoms with Gasteiger partial charge in [-0.25, -0.2) is 4.79 Å². The second-order valence-corrected chi connectivity index (χ2v) is 8.65. The van der Waals surface area contributed by atoms with E-state index in [1.165, 1.54) is 0 Å². The van der Waals surface area contributed by atoms with E-state index >= 15 is 0 Å². The first-order chi connectivity index (χ1) is 11.5. The number of rotatable bonds is 3. The van der Waals surface area contributed by atoms with E-state index in [0.29, 0.717) is 16.0 Å². The van der Waals surface area contributed by atoms with Crippen molar-refractivity contribution >= 4 is 29.2 Å². The predicted octanol–water partition coefficient (Wildman–Crippen LogP) is 4.81. The summed E-state index contributed by atoms with van der Waals surface area (Å²) in [5, 5.41) is 4.04. The quantitative estimate of drug-likeness (QED) is 0.809. The van der Waals surface area contributed by atoms with Crippen LogP contribution in [0.4, 0.5) is 4.79 Å². The van der Waals surface area contributed by atoms with Gasteiger partial charge in [0.1, 0.15) is 0 Å². The molecule has 6 heteroatoms. The molecule has 0 bridgehead atoms. The number of nitrogens with one attached hydrogen (secondary N) is 1. The van der Waals surface area contributed by atoms with Crippen LogP contribution in [0.3, 0.4) is 0 Å². The van der Waals surface area contributed by atoms with Crippen LogP contribution >= 0.6 is 23.2 Å². The highest BCUT2D eigenvalue weighted by Gasteiger charge is 2.39. The van der Waals surface area contributed by atoms with Crippen LogP contribution in [0.25, 0.3) is 0 Å². The fourth-order valence-electron chi connectivity index (χ4n) is 3.56. The van der Waals surface area contributed by atoms with Crippen molar-refractivity contribution in [1.29, 1.82) is 0 Å². The number of benzene rings is 1. The lowest BCUT2D eigenvalue weighted by molar-refractivity contribution is 0.0207. The third kappa shape index (κ3) is 4.42. The summed E-state index contributed by atoms with van der Waals surface area (Å²) >= 11 is 12.4. The molecule has 1 aliphatic heterocycles. The number of nitrogens with zero attached hydrogens (tertiary/aromatic N) is 2. The van der Waals surface area contributed by atoms with Crippen LogP contribution < -0.4 is 5.32 Å². The molecule has 2 amide bonds. The minimum absolute atomic E-state index is 0.0770. The van der Waals surface area contributed by atoms with Crippen LogP contribution in [0, 0.1) is 5.92 Å². The Morgan fingerprint density at radius 3 is 2.68 bits per heavy atom. The Morgan fingerprint density at radius 2 is 2.04 bits per heavy atom. The monoisotopic (exact) mass is 385 g/mol. The van der Waals surface area contributed by atoms with Crippen LogP contribution in [-0.2, 0) is 0 Å². The lowest BCUT2D eigenvalue weighted by Gasteiger charge is -2.49. The molecule has 1 fully saturated rings. The molecule has 0 saturated carbocycles. The zero-order chi connectivity index (χ0) is 18.9. The number of hydrogen-bond donors (Lipinski definition) is 1. The van der Waals surface area contributed by atoms with Crippen LogP contribution in [0.15, 0.2) is 18.2 Å². The zero-order valence-corrected chi connectivity index (χ0v) is 17.4. The van der Waals surface area contributed by atoms with Gasteiger partial charge in [-0.05, 0) is 51.8 Å². The molecule has 3 unspecified atom stereocenters. The molecule has 0 radical (unpaired) electrons. The van der Waals surface area contributed by atoms with Crippen LogP contribution in [0.1, 0.15) is 45.7 Å². The summed E-state index contributed by atoms with van der Waals surface area (Å²) in [5.74, 6) is 0.416. The molecule has 1 heterocycles. The summed E-state index contributed by atoms with van der Waals surface area (Å²) in [6.45, 7) is 9.56. The molecule has 1 aromatic carbocycles. The van der Waals surface area contributed by atoms with Gasteiger partial charge in [-0.1, -0.05) is 42.3 Å². The molecule has 140 valence electrons. The highest BCUT2D eigenvalue weighted by atomic mass is 35.5. The number of urea groups is 1. The van der Waals surface area contributed by atoms with E-state index in [-0.39, 0.29) is 23.7 Å². The van der Waals surface area contributed by atoms with E-state index < -0.39 is 0 Å². The number of carbonyl (C=O) groups is 1. The van der Waals surface area contributed by atoms with Crippen molar-refractivity contribution in [3.63, 3.8) is 0 Å². The van der Waals surface area contributed by atoms with Gasteiger partial charge in [-0.15, -0.1) is 0 Å². The molecule has 1 aromatic rings. The van der Waals surface area contributed by atoms with Gasteiger partial charge in [0.05, 0.1) is 16.1 Å². The van der Waals surface area contributed by atoms with Crippen molar-refractivity contribution in [2.24, 2.45) is 5.92 Å². The minimum Gasteiger partial charge on any atom is -0.331 e. The normalized spacial score (nSPS) is 24.6. The lowest BCUT2D eigenvalue weighted by Crippen LogP contribution is -2.59. The summed E-state index contributed by atoms with van der Waals surface area (Å²) in [6, 6.07) is 5.39. The van der Waals surface area contributed by atoms with Crippen molar-refractivity contribution in [2.75, 3.05) is 20.6 Å². The predicted molar refractivity (Wildman–Crippen MR) is 105 cm³/mol. The van der Waals surface area contributed by atoms with Crippen LogP contribution in [0.5, 0.6) is 0 Å². The Hall–Kier alpha value is -0.970. The molecule has 0 aromatic heterocycles. The molecule has 2 rings (SSSR count). The largest absolute Gasteiger partial charge is 0.331 e. The number of hydrogen-bond acceptors (Lipinski definition) is 2. The Labute approximate surface area is 161 Å². The third-order valence-corrected chi connectivity index (χ3v) is 6.40. The Bertz CT molecular complexity index is 635. The Morgan fingerprint density at radius 1 is 1.40 bits per heavy atom. The van der Waals surface area contributed by atoms with Crippen molar-refractivity contribution in [1.82, 2.24) is 15.1 Å². The number of amides is 2. The molecule has 1 N–H and O–H groups in total. The Kier molecular flexibility index (Phi) is 6.29. The van der Waals surface area contributed by atoms with Gasteiger partial charge < -0.3 is 15.1 Å². The summed E-state index contributed by atoms with van der Waals surface area (Å²) in [6.07, 6.45) is 0.945. The van der Waals surface area contributed by atoms with Crippen molar-refractivity contribution < 1.29 is 4.79 Å². The van der Waals surface area contributed by atoms with E-state index in [1.54, 1.807) is 6.07 Å². The first kappa shape index (κ1) is 20.3. The molecular formula is C19H29Cl2N3O. The van der Waals surface area contributed by atoms with Crippen molar-refractivity contribution in [3.8, 4) is 0 Å². The smallest absolute Gasteiger partial charge is 0.317 e.